The third-order valence-corrected chi connectivity index (χ3v) is 3.74. The summed E-state index contributed by atoms with van der Waals surface area (Å²) in [4.78, 5) is 43.6. The highest BCUT2D eigenvalue weighted by Crippen LogP contribution is 2.11. The number of pyridine rings is 1. The molecule has 0 radical (unpaired) electrons. The van der Waals surface area contributed by atoms with Gasteiger partial charge in [0.15, 0.2) is 0 Å². The highest BCUT2D eigenvalue weighted by Gasteiger charge is 2.24. The number of rotatable bonds is 2. The second-order valence-electron chi connectivity index (χ2n) is 6.93. The van der Waals surface area contributed by atoms with Gasteiger partial charge in [0.1, 0.15) is 5.69 Å². The van der Waals surface area contributed by atoms with Crippen LogP contribution in [0.2, 0.25) is 0 Å². The van der Waals surface area contributed by atoms with Crippen LogP contribution in [0.3, 0.4) is 0 Å². The van der Waals surface area contributed by atoms with Crippen LogP contribution < -0.4 is 5.32 Å². The zero-order valence-electron chi connectivity index (χ0n) is 14.6. The molecule has 7 heteroatoms. The second-order valence-corrected chi connectivity index (χ2v) is 6.93. The molecule has 7 nitrogen and oxygen atoms in total. The van der Waals surface area contributed by atoms with E-state index in [1.807, 2.05) is 20.8 Å². The Bertz CT molecular complexity index is 643. The fourth-order valence-electron chi connectivity index (χ4n) is 2.50. The number of amides is 3. The molecule has 1 aromatic heterocycles. The largest absolute Gasteiger partial charge is 0.346 e. The van der Waals surface area contributed by atoms with Crippen LogP contribution in [0.4, 0.5) is 0 Å². The summed E-state index contributed by atoms with van der Waals surface area (Å²) in [5.41, 5.74) is 0.278. The predicted octanol–water partition coefficient (Wildman–Crippen LogP) is 0.914. The minimum Gasteiger partial charge on any atom is -0.346 e. The van der Waals surface area contributed by atoms with Gasteiger partial charge in [0.2, 0.25) is 5.91 Å². The Morgan fingerprint density at radius 1 is 1.08 bits per heavy atom. The van der Waals surface area contributed by atoms with Crippen molar-refractivity contribution in [1.82, 2.24) is 20.1 Å². The lowest BCUT2D eigenvalue weighted by atomic mass is 10.1. The Morgan fingerprint density at radius 3 is 2.21 bits per heavy atom. The van der Waals surface area contributed by atoms with Crippen LogP contribution in [0.5, 0.6) is 0 Å². The van der Waals surface area contributed by atoms with Crippen LogP contribution in [0.1, 0.15) is 48.5 Å². The van der Waals surface area contributed by atoms with Crippen molar-refractivity contribution in [1.29, 1.82) is 0 Å². The fourth-order valence-corrected chi connectivity index (χ4v) is 2.50. The molecule has 1 aromatic rings. The van der Waals surface area contributed by atoms with Gasteiger partial charge in [-0.15, -0.1) is 0 Å². The Kier molecular flexibility index (Phi) is 5.21. The fraction of sp³-hybridized carbons (Fsp3) is 0.529. The molecule has 24 heavy (non-hydrogen) atoms. The molecule has 1 saturated heterocycles. The van der Waals surface area contributed by atoms with Crippen LogP contribution in [0, 0.1) is 0 Å². The zero-order chi connectivity index (χ0) is 17.9. The van der Waals surface area contributed by atoms with Crippen LogP contribution in [-0.4, -0.2) is 64.2 Å². The van der Waals surface area contributed by atoms with E-state index in [-0.39, 0.29) is 29.0 Å². The molecule has 0 atom stereocenters. The summed E-state index contributed by atoms with van der Waals surface area (Å²) < 4.78 is 0. The van der Waals surface area contributed by atoms with E-state index < -0.39 is 0 Å². The molecule has 0 unspecified atom stereocenters. The average Bonchev–Trinajstić information content (AvgIpc) is 2.53. The molecule has 1 aliphatic rings. The van der Waals surface area contributed by atoms with Gasteiger partial charge in [0.25, 0.3) is 11.8 Å². The van der Waals surface area contributed by atoms with Gasteiger partial charge >= 0.3 is 0 Å². The third-order valence-electron chi connectivity index (χ3n) is 3.74. The molecule has 1 aliphatic heterocycles. The van der Waals surface area contributed by atoms with E-state index in [1.165, 1.54) is 19.2 Å². The summed E-state index contributed by atoms with van der Waals surface area (Å²) in [6, 6.07) is 3.12. The van der Waals surface area contributed by atoms with Crippen LogP contribution >= 0.6 is 0 Å². The minimum absolute atomic E-state index is 0.0205. The van der Waals surface area contributed by atoms with Gasteiger partial charge in [0, 0.05) is 50.4 Å². The maximum absolute atomic E-state index is 12.6. The van der Waals surface area contributed by atoms with Crippen molar-refractivity contribution in [3.05, 3.63) is 29.6 Å². The predicted molar refractivity (Wildman–Crippen MR) is 89.6 cm³/mol. The van der Waals surface area contributed by atoms with E-state index in [1.54, 1.807) is 15.9 Å². The summed E-state index contributed by atoms with van der Waals surface area (Å²) in [6.07, 6.45) is 1.47. The SMILES string of the molecule is CC(=O)N1CCN(C(=O)c2ccnc(C(=O)NC(C)(C)C)c2)CC1. The Balaban J connectivity index is 2.07. The van der Waals surface area contributed by atoms with Gasteiger partial charge in [-0.2, -0.15) is 0 Å². The normalized spacial score (nSPS) is 15.2. The lowest BCUT2D eigenvalue weighted by Gasteiger charge is -2.34. The molecular weight excluding hydrogens is 308 g/mol. The summed E-state index contributed by atoms with van der Waals surface area (Å²) in [5.74, 6) is -0.434. The topological polar surface area (TPSA) is 82.6 Å². The molecule has 0 aliphatic carbocycles. The van der Waals surface area contributed by atoms with Crippen molar-refractivity contribution in [2.75, 3.05) is 26.2 Å². The van der Waals surface area contributed by atoms with Crippen LogP contribution in [-0.2, 0) is 4.79 Å². The Labute approximate surface area is 142 Å². The first-order valence-corrected chi connectivity index (χ1v) is 8.01. The summed E-state index contributed by atoms with van der Waals surface area (Å²) >= 11 is 0. The lowest BCUT2D eigenvalue weighted by Crippen LogP contribution is -2.50. The van der Waals surface area contributed by atoms with Crippen molar-refractivity contribution in [3.8, 4) is 0 Å². The molecular formula is C17H24N4O3. The van der Waals surface area contributed by atoms with Crippen molar-refractivity contribution in [3.63, 3.8) is 0 Å². The summed E-state index contributed by atoms with van der Waals surface area (Å²) in [5, 5.41) is 2.83. The van der Waals surface area contributed by atoms with E-state index in [0.717, 1.165) is 0 Å². The third kappa shape index (κ3) is 4.53. The summed E-state index contributed by atoms with van der Waals surface area (Å²) in [7, 11) is 0. The number of carbonyl (C=O) groups excluding carboxylic acids is 3. The molecule has 0 bridgehead atoms. The van der Waals surface area contributed by atoms with Crippen molar-refractivity contribution >= 4 is 17.7 Å². The van der Waals surface area contributed by atoms with E-state index in [4.69, 9.17) is 0 Å². The first kappa shape index (κ1) is 17.9. The van der Waals surface area contributed by atoms with Crippen molar-refractivity contribution < 1.29 is 14.4 Å². The van der Waals surface area contributed by atoms with Gasteiger partial charge in [-0.05, 0) is 32.9 Å². The Morgan fingerprint density at radius 2 is 1.67 bits per heavy atom. The highest BCUT2D eigenvalue weighted by atomic mass is 16.2. The van der Waals surface area contributed by atoms with E-state index in [2.05, 4.69) is 10.3 Å². The second kappa shape index (κ2) is 6.98. The number of nitrogens with one attached hydrogen (secondary N) is 1. The van der Waals surface area contributed by atoms with Gasteiger partial charge < -0.3 is 15.1 Å². The number of aromatic nitrogens is 1. The maximum atomic E-state index is 12.6. The standard InChI is InChI=1S/C17H24N4O3/c1-12(22)20-7-9-21(10-8-20)16(24)13-5-6-18-14(11-13)15(23)19-17(2,3)4/h5-6,11H,7-10H2,1-4H3,(H,19,23). The van der Waals surface area contributed by atoms with E-state index in [9.17, 15) is 14.4 Å². The number of hydrogen-bond donors (Lipinski definition) is 1. The molecule has 2 heterocycles. The molecule has 3 amide bonds. The number of nitrogens with zero attached hydrogens (tertiary/aromatic N) is 3. The lowest BCUT2D eigenvalue weighted by molar-refractivity contribution is -0.130. The van der Waals surface area contributed by atoms with Crippen LogP contribution in [0.15, 0.2) is 18.3 Å². The van der Waals surface area contributed by atoms with Crippen molar-refractivity contribution in [2.45, 2.75) is 33.2 Å². The molecule has 0 aromatic carbocycles. The van der Waals surface area contributed by atoms with Gasteiger partial charge in [0.05, 0.1) is 0 Å². The minimum atomic E-state index is -0.373. The smallest absolute Gasteiger partial charge is 0.270 e. The van der Waals surface area contributed by atoms with Gasteiger partial charge in [-0.25, -0.2) is 0 Å². The number of hydrogen-bond acceptors (Lipinski definition) is 4. The van der Waals surface area contributed by atoms with Crippen molar-refractivity contribution in [2.24, 2.45) is 0 Å². The van der Waals surface area contributed by atoms with E-state index >= 15 is 0 Å². The molecule has 130 valence electrons. The molecule has 1 fully saturated rings. The average molecular weight is 332 g/mol. The molecule has 0 spiro atoms. The zero-order valence-corrected chi connectivity index (χ0v) is 14.6. The van der Waals surface area contributed by atoms with Crippen LogP contribution in [0.25, 0.3) is 0 Å². The monoisotopic (exact) mass is 332 g/mol. The molecule has 1 N–H and O–H groups in total. The first-order valence-electron chi connectivity index (χ1n) is 8.01. The highest BCUT2D eigenvalue weighted by molar-refractivity contribution is 5.98. The Hall–Kier alpha value is -2.44. The first-order chi connectivity index (χ1) is 11.2. The number of carbonyl (C=O) groups is 3. The van der Waals surface area contributed by atoms with Gasteiger partial charge in [-0.1, -0.05) is 0 Å². The number of piperazine rings is 1. The molecule has 0 saturated carbocycles. The summed E-state index contributed by atoms with van der Waals surface area (Å²) in [6.45, 7) is 9.22. The maximum Gasteiger partial charge on any atom is 0.270 e. The van der Waals surface area contributed by atoms with Gasteiger partial charge in [-0.3, -0.25) is 19.4 Å². The quantitative estimate of drug-likeness (QED) is 0.873. The van der Waals surface area contributed by atoms with E-state index in [0.29, 0.717) is 31.7 Å². The molecule has 2 rings (SSSR count).